The highest BCUT2D eigenvalue weighted by Crippen LogP contribution is 2.25. The Bertz CT molecular complexity index is 981. The van der Waals surface area contributed by atoms with Crippen molar-refractivity contribution in [3.8, 4) is 0 Å². The van der Waals surface area contributed by atoms with E-state index in [-0.39, 0.29) is 23.2 Å². The minimum absolute atomic E-state index is 0.0470. The number of aromatic amines is 1. The van der Waals surface area contributed by atoms with Gasteiger partial charge in [0.2, 0.25) is 5.91 Å². The standard InChI is InChI=1S/C21H30N4O3S/c1-5-7-11-25-19(22)18(20(27)23-21(25)28)24(10-6-2)17(26)13-29-16-12-14(3)8-9-15(16)4/h8-9,12H,5-7,10-11,13,22H2,1-4H3,(H,23,27,28). The van der Waals surface area contributed by atoms with Crippen LogP contribution in [0.1, 0.15) is 44.2 Å². The van der Waals surface area contributed by atoms with Crippen molar-refractivity contribution in [3.63, 3.8) is 0 Å². The molecule has 158 valence electrons. The normalized spacial score (nSPS) is 10.9. The van der Waals surface area contributed by atoms with Crippen molar-refractivity contribution < 1.29 is 4.79 Å². The second-order valence-electron chi connectivity index (χ2n) is 7.10. The fourth-order valence-corrected chi connectivity index (χ4v) is 4.04. The van der Waals surface area contributed by atoms with Crippen LogP contribution in [-0.4, -0.2) is 27.8 Å². The maximum Gasteiger partial charge on any atom is 0.330 e. The maximum atomic E-state index is 13.0. The fraction of sp³-hybridized carbons (Fsp3) is 0.476. The minimum Gasteiger partial charge on any atom is -0.383 e. The first-order valence-corrected chi connectivity index (χ1v) is 10.9. The SMILES string of the molecule is CCCCn1c(N)c(N(CCC)C(=O)CSc2cc(C)ccc2C)c(=O)[nH]c1=O. The third kappa shape index (κ3) is 5.53. The zero-order chi connectivity index (χ0) is 21.6. The number of aryl methyl sites for hydroxylation is 2. The van der Waals surface area contributed by atoms with Gasteiger partial charge in [-0.2, -0.15) is 0 Å². The number of carbonyl (C=O) groups excluding carboxylic acids is 1. The molecule has 2 rings (SSSR count). The maximum absolute atomic E-state index is 13.0. The van der Waals surface area contributed by atoms with Gasteiger partial charge in [-0.15, -0.1) is 11.8 Å². The number of rotatable bonds is 9. The number of nitrogen functional groups attached to an aromatic ring is 1. The van der Waals surface area contributed by atoms with E-state index in [9.17, 15) is 14.4 Å². The van der Waals surface area contributed by atoms with Gasteiger partial charge in [-0.25, -0.2) is 4.79 Å². The monoisotopic (exact) mass is 418 g/mol. The Morgan fingerprint density at radius 1 is 1.21 bits per heavy atom. The van der Waals surface area contributed by atoms with E-state index < -0.39 is 11.2 Å². The van der Waals surface area contributed by atoms with Gasteiger partial charge in [-0.1, -0.05) is 38.0 Å². The Balaban J connectivity index is 2.35. The fourth-order valence-electron chi connectivity index (χ4n) is 3.04. The number of nitrogens with one attached hydrogen (secondary N) is 1. The number of amides is 1. The number of aromatic nitrogens is 2. The van der Waals surface area contributed by atoms with Gasteiger partial charge in [0.15, 0.2) is 5.69 Å². The van der Waals surface area contributed by atoms with Crippen LogP contribution in [0.3, 0.4) is 0 Å². The first kappa shape index (κ1) is 22.8. The summed E-state index contributed by atoms with van der Waals surface area (Å²) in [5.41, 5.74) is 7.31. The third-order valence-electron chi connectivity index (χ3n) is 4.66. The molecule has 0 aliphatic carbocycles. The molecular formula is C21H30N4O3S. The summed E-state index contributed by atoms with van der Waals surface area (Å²) < 4.78 is 1.34. The van der Waals surface area contributed by atoms with E-state index in [1.165, 1.54) is 21.2 Å². The molecule has 7 nitrogen and oxygen atoms in total. The highest BCUT2D eigenvalue weighted by atomic mass is 32.2. The molecule has 0 aliphatic heterocycles. The molecule has 1 heterocycles. The second-order valence-corrected chi connectivity index (χ2v) is 8.12. The van der Waals surface area contributed by atoms with Crippen LogP contribution in [0.2, 0.25) is 0 Å². The molecule has 29 heavy (non-hydrogen) atoms. The quantitative estimate of drug-likeness (QED) is 0.610. The number of anilines is 2. The molecule has 0 saturated heterocycles. The minimum atomic E-state index is -0.626. The van der Waals surface area contributed by atoms with Crippen molar-refractivity contribution in [1.82, 2.24) is 9.55 Å². The van der Waals surface area contributed by atoms with E-state index >= 15 is 0 Å². The topological polar surface area (TPSA) is 101 Å². The summed E-state index contributed by atoms with van der Waals surface area (Å²) in [6.07, 6.45) is 2.29. The van der Waals surface area contributed by atoms with Gasteiger partial charge in [0.05, 0.1) is 5.75 Å². The highest BCUT2D eigenvalue weighted by molar-refractivity contribution is 8.00. The van der Waals surface area contributed by atoms with Crippen molar-refractivity contribution in [1.29, 1.82) is 0 Å². The number of hydrogen-bond donors (Lipinski definition) is 2. The van der Waals surface area contributed by atoms with Gasteiger partial charge in [0.1, 0.15) is 5.82 Å². The van der Waals surface area contributed by atoms with Crippen molar-refractivity contribution in [2.45, 2.75) is 58.4 Å². The number of thioether (sulfide) groups is 1. The second kappa shape index (κ2) is 10.3. The molecule has 0 radical (unpaired) electrons. The van der Waals surface area contributed by atoms with E-state index in [1.54, 1.807) is 0 Å². The summed E-state index contributed by atoms with van der Waals surface area (Å²) in [5, 5.41) is 0. The average molecular weight is 419 g/mol. The molecular weight excluding hydrogens is 388 g/mol. The highest BCUT2D eigenvalue weighted by Gasteiger charge is 2.23. The van der Waals surface area contributed by atoms with Crippen LogP contribution < -0.4 is 21.9 Å². The van der Waals surface area contributed by atoms with Crippen LogP contribution in [-0.2, 0) is 11.3 Å². The van der Waals surface area contributed by atoms with E-state index in [2.05, 4.69) is 4.98 Å². The predicted octanol–water partition coefficient (Wildman–Crippen LogP) is 3.07. The summed E-state index contributed by atoms with van der Waals surface area (Å²) in [5.74, 6) is 0.0125. The lowest BCUT2D eigenvalue weighted by molar-refractivity contribution is -0.116. The number of benzene rings is 1. The molecule has 0 fully saturated rings. The van der Waals surface area contributed by atoms with Crippen LogP contribution in [0.4, 0.5) is 11.5 Å². The summed E-state index contributed by atoms with van der Waals surface area (Å²) in [4.78, 5) is 42.5. The molecule has 0 atom stereocenters. The molecule has 2 aromatic rings. The first-order chi connectivity index (χ1) is 13.8. The molecule has 3 N–H and O–H groups in total. The number of nitrogens with two attached hydrogens (primary N) is 1. The molecule has 0 saturated carbocycles. The summed E-state index contributed by atoms with van der Waals surface area (Å²) >= 11 is 1.44. The third-order valence-corrected chi connectivity index (χ3v) is 5.80. The summed E-state index contributed by atoms with van der Waals surface area (Å²) in [6.45, 7) is 8.69. The molecule has 0 bridgehead atoms. The van der Waals surface area contributed by atoms with Crippen molar-refractivity contribution in [2.24, 2.45) is 0 Å². The zero-order valence-electron chi connectivity index (χ0n) is 17.6. The molecule has 8 heteroatoms. The van der Waals surface area contributed by atoms with Crippen LogP contribution in [0.5, 0.6) is 0 Å². The van der Waals surface area contributed by atoms with Gasteiger partial charge in [0, 0.05) is 18.0 Å². The molecule has 1 aromatic heterocycles. The average Bonchev–Trinajstić information content (AvgIpc) is 2.67. The molecule has 0 aliphatic rings. The van der Waals surface area contributed by atoms with Gasteiger partial charge in [-0.3, -0.25) is 19.1 Å². The zero-order valence-corrected chi connectivity index (χ0v) is 18.4. The Hall–Kier alpha value is -2.48. The van der Waals surface area contributed by atoms with E-state index in [4.69, 9.17) is 5.73 Å². The van der Waals surface area contributed by atoms with Gasteiger partial charge in [-0.05, 0) is 38.3 Å². The Kier molecular flexibility index (Phi) is 8.13. The van der Waals surface area contributed by atoms with Gasteiger partial charge >= 0.3 is 5.69 Å². The lowest BCUT2D eigenvalue weighted by Gasteiger charge is -2.24. The molecule has 1 amide bonds. The summed E-state index contributed by atoms with van der Waals surface area (Å²) in [7, 11) is 0. The van der Waals surface area contributed by atoms with Crippen molar-refractivity contribution in [3.05, 3.63) is 50.2 Å². The lowest BCUT2D eigenvalue weighted by atomic mass is 10.2. The Morgan fingerprint density at radius 3 is 2.59 bits per heavy atom. The number of nitrogens with zero attached hydrogens (tertiary/aromatic N) is 2. The lowest BCUT2D eigenvalue weighted by Crippen LogP contribution is -2.42. The Labute approximate surface area is 175 Å². The van der Waals surface area contributed by atoms with Gasteiger partial charge < -0.3 is 10.6 Å². The van der Waals surface area contributed by atoms with Crippen LogP contribution in [0.25, 0.3) is 0 Å². The van der Waals surface area contributed by atoms with Gasteiger partial charge in [0.25, 0.3) is 5.56 Å². The van der Waals surface area contributed by atoms with Crippen LogP contribution in [0, 0.1) is 13.8 Å². The van der Waals surface area contributed by atoms with Crippen LogP contribution in [0.15, 0.2) is 32.7 Å². The van der Waals surface area contributed by atoms with Crippen molar-refractivity contribution in [2.75, 3.05) is 22.9 Å². The molecule has 0 unspecified atom stereocenters. The first-order valence-electron chi connectivity index (χ1n) is 9.93. The Morgan fingerprint density at radius 2 is 1.93 bits per heavy atom. The van der Waals surface area contributed by atoms with E-state index in [1.807, 2.05) is 45.9 Å². The predicted molar refractivity (Wildman–Crippen MR) is 120 cm³/mol. The van der Waals surface area contributed by atoms with E-state index in [0.29, 0.717) is 19.5 Å². The summed E-state index contributed by atoms with van der Waals surface area (Å²) in [6, 6.07) is 6.10. The molecule has 1 aromatic carbocycles. The molecule has 0 spiro atoms. The smallest absolute Gasteiger partial charge is 0.330 e. The number of hydrogen-bond acceptors (Lipinski definition) is 5. The van der Waals surface area contributed by atoms with E-state index in [0.717, 1.165) is 28.9 Å². The largest absolute Gasteiger partial charge is 0.383 e. The number of H-pyrrole nitrogens is 1. The van der Waals surface area contributed by atoms with Crippen LogP contribution >= 0.6 is 11.8 Å². The number of carbonyl (C=O) groups is 1. The number of unbranched alkanes of at least 4 members (excludes halogenated alkanes) is 1. The van der Waals surface area contributed by atoms with Crippen molar-refractivity contribution >= 4 is 29.2 Å².